The van der Waals surface area contributed by atoms with Crippen LogP contribution in [0.3, 0.4) is 0 Å². The second kappa shape index (κ2) is 7.84. The van der Waals surface area contributed by atoms with E-state index < -0.39 is 9.84 Å². The smallest absolute Gasteiger partial charge is 0.287 e. The van der Waals surface area contributed by atoms with Crippen LogP contribution in [-0.2, 0) is 15.6 Å². The van der Waals surface area contributed by atoms with Gasteiger partial charge in [-0.15, -0.1) is 0 Å². The van der Waals surface area contributed by atoms with E-state index in [1.165, 1.54) is 12.1 Å². The fourth-order valence-electron chi connectivity index (χ4n) is 3.67. The van der Waals surface area contributed by atoms with E-state index in [2.05, 4.69) is 10.3 Å². The van der Waals surface area contributed by atoms with Crippen molar-refractivity contribution in [2.24, 2.45) is 0 Å². The normalized spacial score (nSPS) is 20.1. The van der Waals surface area contributed by atoms with Crippen LogP contribution in [0.1, 0.15) is 53.8 Å². The van der Waals surface area contributed by atoms with Crippen molar-refractivity contribution in [1.29, 1.82) is 0 Å². The molecule has 0 unspecified atom stereocenters. The van der Waals surface area contributed by atoms with Crippen molar-refractivity contribution in [3.8, 4) is 0 Å². The van der Waals surface area contributed by atoms with E-state index in [1.54, 1.807) is 12.1 Å². The molecule has 9 heteroatoms. The summed E-state index contributed by atoms with van der Waals surface area (Å²) in [6.07, 6.45) is 4.42. The van der Waals surface area contributed by atoms with Crippen molar-refractivity contribution in [1.82, 2.24) is 10.3 Å². The molecule has 1 fully saturated rings. The summed E-state index contributed by atoms with van der Waals surface area (Å²) in [5.74, 6) is 0.757. The number of aromatic nitrogens is 1. The minimum absolute atomic E-state index is 0.0287. The fourth-order valence-corrected chi connectivity index (χ4v) is 4.51. The third-order valence-electron chi connectivity index (χ3n) is 5.07. The average molecular weight is 437 g/mol. The number of hydrogen-bond donors (Lipinski definition) is 1. The Labute approximate surface area is 173 Å². The van der Waals surface area contributed by atoms with Gasteiger partial charge in [0.2, 0.25) is 0 Å². The van der Waals surface area contributed by atoms with Gasteiger partial charge in [-0.25, -0.2) is 13.4 Å². The molecule has 4 rings (SSSR count). The maximum absolute atomic E-state index is 12.4. The molecule has 0 aliphatic heterocycles. The van der Waals surface area contributed by atoms with E-state index in [0.29, 0.717) is 10.9 Å². The van der Waals surface area contributed by atoms with Crippen molar-refractivity contribution in [3.05, 3.63) is 52.8 Å². The quantitative estimate of drug-likeness (QED) is 0.646. The molecule has 0 radical (unpaired) electrons. The summed E-state index contributed by atoms with van der Waals surface area (Å²) in [5, 5.41) is 3.59. The zero-order valence-corrected chi connectivity index (χ0v) is 17.4. The molecule has 3 aromatic rings. The number of nitrogens with zero attached hydrogens (tertiary/aromatic N) is 1. The number of furan rings is 1. The van der Waals surface area contributed by atoms with E-state index >= 15 is 0 Å². The lowest BCUT2D eigenvalue weighted by molar-refractivity contribution is 0.0895. The summed E-state index contributed by atoms with van der Waals surface area (Å²) in [5.41, 5.74) is 1.48. The fraction of sp³-hybridized carbons (Fsp3) is 0.400. The molecule has 1 N–H and O–H groups in total. The molecule has 2 aromatic heterocycles. The van der Waals surface area contributed by atoms with Gasteiger partial charge in [0.15, 0.2) is 27.1 Å². The van der Waals surface area contributed by atoms with Gasteiger partial charge in [0.25, 0.3) is 5.91 Å². The van der Waals surface area contributed by atoms with Crippen LogP contribution in [0.4, 0.5) is 0 Å². The van der Waals surface area contributed by atoms with Gasteiger partial charge < -0.3 is 14.2 Å². The minimum atomic E-state index is -3.21. The number of halogens is 1. The molecule has 1 aliphatic carbocycles. The molecular weight excluding hydrogens is 416 g/mol. The maximum atomic E-state index is 12.4. The molecule has 0 spiro atoms. The Bertz CT molecular complexity index is 1140. The van der Waals surface area contributed by atoms with Gasteiger partial charge in [-0.2, -0.15) is 0 Å². The number of fused-ring (bicyclic) bond motifs is 1. The first kappa shape index (κ1) is 20.0. The van der Waals surface area contributed by atoms with Gasteiger partial charge in [-0.1, -0.05) is 11.6 Å². The Balaban J connectivity index is 1.34. The standard InChI is InChI=1S/C20H21ClN2O5S/c1-29(25,26)11-15-7-9-18(27-15)19(24)22-14-5-2-12(3-6-14)20-23-16-10-13(21)4-8-17(16)28-20/h4,7-10,12,14H,2-3,5-6,11H2,1H3,(H,22,24). The second-order valence-corrected chi connectivity index (χ2v) is 10.1. The molecule has 7 nitrogen and oxygen atoms in total. The number of benzene rings is 1. The Morgan fingerprint density at radius 3 is 2.66 bits per heavy atom. The molecule has 1 amide bonds. The first-order valence-corrected chi connectivity index (χ1v) is 11.8. The maximum Gasteiger partial charge on any atom is 0.287 e. The lowest BCUT2D eigenvalue weighted by Gasteiger charge is -2.27. The number of carbonyl (C=O) groups excluding carboxylic acids is 1. The predicted octanol–water partition coefficient (Wildman–Crippen LogP) is 4.08. The third kappa shape index (κ3) is 4.82. The van der Waals surface area contributed by atoms with Gasteiger partial charge in [-0.05, 0) is 56.0 Å². The number of nitrogens with one attached hydrogen (secondary N) is 1. The number of rotatable bonds is 5. The highest BCUT2D eigenvalue weighted by atomic mass is 35.5. The van der Waals surface area contributed by atoms with Crippen molar-refractivity contribution >= 4 is 38.4 Å². The highest BCUT2D eigenvalue weighted by molar-refractivity contribution is 7.89. The molecular formula is C20H21ClN2O5S. The van der Waals surface area contributed by atoms with Crippen LogP contribution in [0.25, 0.3) is 11.1 Å². The average Bonchev–Trinajstić information content (AvgIpc) is 3.27. The lowest BCUT2D eigenvalue weighted by Crippen LogP contribution is -2.37. The molecule has 154 valence electrons. The van der Waals surface area contributed by atoms with E-state index in [9.17, 15) is 13.2 Å². The predicted molar refractivity (Wildman–Crippen MR) is 109 cm³/mol. The molecule has 2 heterocycles. The van der Waals surface area contributed by atoms with Crippen LogP contribution in [0.2, 0.25) is 5.02 Å². The summed E-state index contributed by atoms with van der Waals surface area (Å²) in [4.78, 5) is 17.0. The van der Waals surface area contributed by atoms with Crippen molar-refractivity contribution < 1.29 is 22.0 Å². The van der Waals surface area contributed by atoms with E-state index in [1.807, 2.05) is 6.07 Å². The summed E-state index contributed by atoms with van der Waals surface area (Å²) < 4.78 is 33.9. The topological polar surface area (TPSA) is 102 Å². The van der Waals surface area contributed by atoms with Gasteiger partial charge in [0.1, 0.15) is 17.0 Å². The first-order valence-electron chi connectivity index (χ1n) is 9.40. The Hall–Kier alpha value is -2.32. The van der Waals surface area contributed by atoms with Crippen molar-refractivity contribution in [3.63, 3.8) is 0 Å². The van der Waals surface area contributed by atoms with Crippen LogP contribution in [0.5, 0.6) is 0 Å². The van der Waals surface area contributed by atoms with Crippen LogP contribution in [0.15, 0.2) is 39.2 Å². The number of oxazole rings is 1. The largest absolute Gasteiger partial charge is 0.455 e. The van der Waals surface area contributed by atoms with Crippen LogP contribution >= 0.6 is 11.6 Å². The van der Waals surface area contributed by atoms with Crippen LogP contribution < -0.4 is 5.32 Å². The molecule has 1 aliphatic rings. The summed E-state index contributed by atoms with van der Waals surface area (Å²) in [7, 11) is -3.21. The second-order valence-electron chi connectivity index (χ2n) is 7.52. The zero-order chi connectivity index (χ0) is 20.6. The molecule has 0 bridgehead atoms. The zero-order valence-electron chi connectivity index (χ0n) is 15.9. The molecule has 29 heavy (non-hydrogen) atoms. The SMILES string of the molecule is CS(=O)(=O)Cc1ccc(C(=O)NC2CCC(c3nc4cc(Cl)ccc4o3)CC2)o1. The van der Waals surface area contributed by atoms with Gasteiger partial charge in [-0.3, -0.25) is 4.79 Å². The summed E-state index contributed by atoms with van der Waals surface area (Å²) in [6, 6.07) is 8.44. The number of sulfone groups is 1. The van der Waals surface area contributed by atoms with Crippen LogP contribution in [-0.4, -0.2) is 31.6 Å². The summed E-state index contributed by atoms with van der Waals surface area (Å²) in [6.45, 7) is 0. The number of hydrogen-bond acceptors (Lipinski definition) is 6. The van der Waals surface area contributed by atoms with Gasteiger partial charge in [0, 0.05) is 23.2 Å². The Kier molecular flexibility index (Phi) is 5.40. The molecule has 0 atom stereocenters. The number of amides is 1. The molecule has 1 saturated carbocycles. The van der Waals surface area contributed by atoms with E-state index in [4.69, 9.17) is 20.4 Å². The first-order chi connectivity index (χ1) is 13.8. The molecule has 0 saturated heterocycles. The number of carbonyl (C=O) groups is 1. The Morgan fingerprint density at radius 2 is 1.93 bits per heavy atom. The lowest BCUT2D eigenvalue weighted by atomic mass is 9.86. The minimum Gasteiger partial charge on any atom is -0.455 e. The highest BCUT2D eigenvalue weighted by Gasteiger charge is 2.27. The van der Waals surface area contributed by atoms with E-state index in [0.717, 1.165) is 43.0 Å². The van der Waals surface area contributed by atoms with E-state index in [-0.39, 0.29) is 35.1 Å². The van der Waals surface area contributed by atoms with Crippen molar-refractivity contribution in [2.45, 2.75) is 43.4 Å². The van der Waals surface area contributed by atoms with Gasteiger partial charge >= 0.3 is 0 Å². The van der Waals surface area contributed by atoms with Gasteiger partial charge in [0.05, 0.1) is 0 Å². The molecule has 1 aromatic carbocycles. The summed E-state index contributed by atoms with van der Waals surface area (Å²) >= 11 is 6.01. The van der Waals surface area contributed by atoms with Crippen molar-refractivity contribution in [2.75, 3.05) is 6.26 Å². The highest BCUT2D eigenvalue weighted by Crippen LogP contribution is 2.34. The Morgan fingerprint density at radius 1 is 1.17 bits per heavy atom. The van der Waals surface area contributed by atoms with Crippen LogP contribution in [0, 0.1) is 0 Å². The third-order valence-corrected chi connectivity index (χ3v) is 6.11. The monoisotopic (exact) mass is 436 g/mol.